The van der Waals surface area contributed by atoms with E-state index in [4.69, 9.17) is 37.4 Å². The molecule has 1 heterocycles. The summed E-state index contributed by atoms with van der Waals surface area (Å²) in [6.45, 7) is 0.337. The molecule has 3 aromatic carbocycles. The topological polar surface area (TPSA) is 57.1 Å². The third kappa shape index (κ3) is 5.82. The summed E-state index contributed by atoms with van der Waals surface area (Å²) in [5.41, 5.74) is 2.31. The number of hydrogen-bond acceptors (Lipinski definition) is 5. The number of methoxy groups -OCH3 is 1. The summed E-state index contributed by atoms with van der Waals surface area (Å²) in [4.78, 5) is 16.7. The van der Waals surface area contributed by atoms with Crippen LogP contribution in [-0.2, 0) is 16.1 Å². The monoisotopic (exact) mass is 705 g/mol. The molecule has 168 valence electrons. The molecule has 0 saturated carbocycles. The number of ether oxygens (including phenoxy) is 3. The molecule has 0 unspecified atom stereocenters. The van der Waals surface area contributed by atoms with Gasteiger partial charge in [-0.2, -0.15) is 0 Å². The van der Waals surface area contributed by atoms with Gasteiger partial charge in [0.1, 0.15) is 6.61 Å². The van der Waals surface area contributed by atoms with Crippen LogP contribution in [0.5, 0.6) is 11.5 Å². The molecule has 0 atom stereocenters. The molecule has 0 bridgehead atoms. The van der Waals surface area contributed by atoms with Crippen molar-refractivity contribution in [3.8, 4) is 11.5 Å². The minimum absolute atomic E-state index is 0.130. The van der Waals surface area contributed by atoms with Crippen molar-refractivity contribution in [1.82, 2.24) is 0 Å². The van der Waals surface area contributed by atoms with Gasteiger partial charge in [-0.15, -0.1) is 0 Å². The van der Waals surface area contributed by atoms with Crippen molar-refractivity contribution < 1.29 is 19.0 Å². The number of halogens is 4. The van der Waals surface area contributed by atoms with E-state index in [0.29, 0.717) is 39.3 Å². The second-order valence-corrected chi connectivity index (χ2v) is 10.2. The van der Waals surface area contributed by atoms with Gasteiger partial charge < -0.3 is 14.2 Å². The lowest BCUT2D eigenvalue weighted by Gasteiger charge is -2.13. The van der Waals surface area contributed by atoms with E-state index in [1.807, 2.05) is 30.3 Å². The Morgan fingerprint density at radius 2 is 1.82 bits per heavy atom. The zero-order valence-electron chi connectivity index (χ0n) is 17.1. The number of carbonyl (C=O) groups excluding carboxylic acids is 1. The summed E-state index contributed by atoms with van der Waals surface area (Å²) < 4.78 is 18.8. The number of carbonyl (C=O) groups is 1. The summed E-state index contributed by atoms with van der Waals surface area (Å²) in [5.74, 6) is 0.444. The highest BCUT2D eigenvalue weighted by atomic mass is 127. The highest BCUT2D eigenvalue weighted by Gasteiger charge is 2.26. The molecule has 4 rings (SSSR count). The van der Waals surface area contributed by atoms with Gasteiger partial charge in [-0.25, -0.2) is 9.79 Å². The Labute approximate surface area is 228 Å². The maximum Gasteiger partial charge on any atom is 0.363 e. The number of aliphatic imine (C=N–C) groups is 1. The lowest BCUT2D eigenvalue weighted by atomic mass is 10.1. The van der Waals surface area contributed by atoms with Gasteiger partial charge in [-0.1, -0.05) is 35.3 Å². The van der Waals surface area contributed by atoms with Crippen LogP contribution in [0.4, 0.5) is 0 Å². The van der Waals surface area contributed by atoms with Crippen LogP contribution in [0.25, 0.3) is 6.08 Å². The maximum absolute atomic E-state index is 12.4. The Balaban J connectivity index is 1.61. The number of benzene rings is 3. The van der Waals surface area contributed by atoms with Crippen molar-refractivity contribution in [2.45, 2.75) is 6.61 Å². The highest BCUT2D eigenvalue weighted by molar-refractivity contribution is 14.1. The van der Waals surface area contributed by atoms with Crippen LogP contribution < -0.4 is 9.47 Å². The molecule has 1 aliphatic heterocycles. The van der Waals surface area contributed by atoms with Gasteiger partial charge in [0.15, 0.2) is 17.2 Å². The predicted octanol–water partition coefficient (Wildman–Crippen LogP) is 7.13. The molecule has 0 N–H and O–H groups in total. The Hall–Kier alpha value is -1.82. The fraction of sp³-hybridized carbons (Fsp3) is 0.0833. The summed E-state index contributed by atoms with van der Waals surface area (Å²) in [6, 6.07) is 16.8. The molecular formula is C24H15Cl2I2NO4. The quantitative estimate of drug-likeness (QED) is 0.156. The molecule has 0 fully saturated rings. The van der Waals surface area contributed by atoms with Crippen molar-refractivity contribution in [2.24, 2.45) is 4.99 Å². The van der Waals surface area contributed by atoms with Crippen LogP contribution in [0.3, 0.4) is 0 Å². The fourth-order valence-corrected chi connectivity index (χ4v) is 4.66. The van der Waals surface area contributed by atoms with Crippen molar-refractivity contribution >= 4 is 86.3 Å². The summed E-state index contributed by atoms with van der Waals surface area (Å²) in [5, 5.41) is 0.797. The van der Waals surface area contributed by atoms with Gasteiger partial charge in [0.25, 0.3) is 0 Å². The minimum atomic E-state index is -0.575. The Morgan fingerprint density at radius 3 is 2.58 bits per heavy atom. The molecule has 0 amide bonds. The van der Waals surface area contributed by atoms with E-state index in [1.54, 1.807) is 30.3 Å². The van der Waals surface area contributed by atoms with Crippen LogP contribution >= 0.6 is 68.4 Å². The predicted molar refractivity (Wildman–Crippen MR) is 146 cm³/mol. The molecule has 0 radical (unpaired) electrons. The van der Waals surface area contributed by atoms with Crippen LogP contribution in [0.15, 0.2) is 65.3 Å². The molecule has 9 heteroatoms. The number of rotatable bonds is 6. The fourth-order valence-electron chi connectivity index (χ4n) is 3.09. The summed E-state index contributed by atoms with van der Waals surface area (Å²) >= 11 is 17.1. The molecule has 5 nitrogen and oxygen atoms in total. The van der Waals surface area contributed by atoms with Crippen LogP contribution in [0.2, 0.25) is 10.0 Å². The number of nitrogens with zero attached hydrogens (tertiary/aromatic N) is 1. The number of hydrogen-bond donors (Lipinski definition) is 0. The first kappa shape index (κ1) is 24.3. The molecule has 0 aliphatic carbocycles. The Bertz CT molecular complexity index is 1310. The average molecular weight is 706 g/mol. The van der Waals surface area contributed by atoms with Crippen LogP contribution in [0.1, 0.15) is 16.7 Å². The second kappa shape index (κ2) is 10.6. The van der Waals surface area contributed by atoms with Gasteiger partial charge in [-0.05, 0) is 105 Å². The minimum Gasteiger partial charge on any atom is -0.493 e. The molecule has 33 heavy (non-hydrogen) atoms. The first-order valence-electron chi connectivity index (χ1n) is 9.57. The van der Waals surface area contributed by atoms with E-state index >= 15 is 0 Å². The second-order valence-electron chi connectivity index (χ2n) is 6.91. The lowest BCUT2D eigenvalue weighted by Crippen LogP contribution is -2.06. The summed E-state index contributed by atoms with van der Waals surface area (Å²) in [6.07, 6.45) is 1.58. The average Bonchev–Trinajstić information content (AvgIpc) is 3.14. The molecule has 0 aromatic heterocycles. The zero-order chi connectivity index (χ0) is 23.5. The molecule has 1 aliphatic rings. The van der Waals surface area contributed by atoms with E-state index < -0.39 is 5.97 Å². The molecule has 0 saturated heterocycles. The first-order valence-corrected chi connectivity index (χ1v) is 12.5. The van der Waals surface area contributed by atoms with E-state index in [0.717, 1.165) is 12.7 Å². The van der Waals surface area contributed by atoms with Crippen molar-refractivity contribution in [2.75, 3.05) is 7.11 Å². The van der Waals surface area contributed by atoms with Gasteiger partial charge in [0, 0.05) is 7.14 Å². The third-order valence-electron chi connectivity index (χ3n) is 4.61. The van der Waals surface area contributed by atoms with E-state index in [-0.39, 0.29) is 11.6 Å². The largest absolute Gasteiger partial charge is 0.493 e. The zero-order valence-corrected chi connectivity index (χ0v) is 22.9. The van der Waals surface area contributed by atoms with Gasteiger partial charge in [0.2, 0.25) is 5.90 Å². The van der Waals surface area contributed by atoms with Crippen molar-refractivity contribution in [1.29, 1.82) is 0 Å². The Morgan fingerprint density at radius 1 is 1.03 bits per heavy atom. The first-order chi connectivity index (χ1) is 15.8. The van der Waals surface area contributed by atoms with Gasteiger partial charge >= 0.3 is 5.97 Å². The van der Waals surface area contributed by atoms with Crippen molar-refractivity contribution in [3.05, 3.63) is 94.2 Å². The lowest BCUT2D eigenvalue weighted by molar-refractivity contribution is -0.129. The van der Waals surface area contributed by atoms with Crippen LogP contribution in [-0.4, -0.2) is 19.0 Å². The van der Waals surface area contributed by atoms with Crippen LogP contribution in [0, 0.1) is 7.14 Å². The molecule has 3 aromatic rings. The van der Waals surface area contributed by atoms with Crippen molar-refractivity contribution in [3.63, 3.8) is 0 Å². The molecule has 0 spiro atoms. The SMILES string of the molecule is COc1cc(/C=C2\N=C(c3cc(I)ccc3Cl)OC2=O)cc(Cl)c1OCc1cccc(I)c1. The van der Waals surface area contributed by atoms with E-state index in [2.05, 4.69) is 50.2 Å². The molecular weight excluding hydrogens is 691 g/mol. The van der Waals surface area contributed by atoms with Gasteiger partial charge in [0.05, 0.1) is 22.7 Å². The smallest absolute Gasteiger partial charge is 0.363 e. The summed E-state index contributed by atoms with van der Waals surface area (Å²) in [7, 11) is 1.53. The maximum atomic E-state index is 12.4. The third-order valence-corrected chi connectivity index (χ3v) is 6.56. The normalized spacial score (nSPS) is 14.3. The van der Waals surface area contributed by atoms with Gasteiger partial charge in [-0.3, -0.25) is 0 Å². The standard InChI is InChI=1S/C24H15Cl2I2NO4/c1-31-21-10-14(8-19(26)22(21)32-12-13-3-2-4-15(27)7-13)9-20-24(30)33-23(29-20)17-11-16(28)5-6-18(17)25/h2-11H,12H2,1H3/b20-9-. The number of esters is 1. The highest BCUT2D eigenvalue weighted by Crippen LogP contribution is 2.38. The van der Waals surface area contributed by atoms with E-state index in [9.17, 15) is 4.79 Å². The van der Waals surface area contributed by atoms with E-state index in [1.165, 1.54) is 7.11 Å². The Kier molecular flexibility index (Phi) is 7.83. The number of cyclic esters (lactones) is 1.